The van der Waals surface area contributed by atoms with Crippen LogP contribution in [0, 0.1) is 5.92 Å². The molecule has 1 N–H and O–H groups in total. The second-order valence-corrected chi connectivity index (χ2v) is 4.39. The Morgan fingerprint density at radius 2 is 2.07 bits per heavy atom. The maximum atomic E-state index is 11.4. The van der Waals surface area contributed by atoms with Crippen LogP contribution in [-0.4, -0.2) is 50.2 Å². The first-order valence-corrected chi connectivity index (χ1v) is 5.96. The summed E-state index contributed by atoms with van der Waals surface area (Å²) in [5, 5.41) is 3.30. The zero-order chi connectivity index (χ0) is 10.5. The van der Waals surface area contributed by atoms with Crippen molar-refractivity contribution in [2.45, 2.75) is 19.3 Å². The number of rotatable bonds is 4. The standard InChI is InChI=1S/C11H20N2O2/c14-11(10-2-1-3-10)15-9-8-13-6-4-12-5-7-13/h10,12H,1-9H2. The lowest BCUT2D eigenvalue weighted by atomic mass is 9.86. The van der Waals surface area contributed by atoms with Gasteiger partial charge in [0, 0.05) is 32.7 Å². The van der Waals surface area contributed by atoms with Gasteiger partial charge in [-0.3, -0.25) is 9.69 Å². The van der Waals surface area contributed by atoms with Gasteiger partial charge in [-0.1, -0.05) is 6.42 Å². The number of nitrogens with one attached hydrogen (secondary N) is 1. The Hall–Kier alpha value is -0.610. The molecule has 0 atom stereocenters. The van der Waals surface area contributed by atoms with E-state index < -0.39 is 0 Å². The predicted octanol–water partition coefficient (Wildman–Crippen LogP) is 0.235. The lowest BCUT2D eigenvalue weighted by molar-refractivity contribution is -0.151. The molecule has 1 saturated carbocycles. The van der Waals surface area contributed by atoms with Crippen molar-refractivity contribution >= 4 is 5.97 Å². The molecule has 0 aromatic carbocycles. The average Bonchev–Trinajstić information content (AvgIpc) is 2.16. The quantitative estimate of drug-likeness (QED) is 0.678. The van der Waals surface area contributed by atoms with E-state index in [2.05, 4.69) is 10.2 Å². The smallest absolute Gasteiger partial charge is 0.308 e. The number of carbonyl (C=O) groups excluding carboxylic acids is 1. The van der Waals surface area contributed by atoms with Crippen molar-refractivity contribution in [2.75, 3.05) is 39.3 Å². The molecule has 4 heteroatoms. The van der Waals surface area contributed by atoms with Crippen LogP contribution in [0.4, 0.5) is 0 Å². The summed E-state index contributed by atoms with van der Waals surface area (Å²) in [7, 11) is 0. The monoisotopic (exact) mass is 212 g/mol. The van der Waals surface area contributed by atoms with Crippen LogP contribution in [0.5, 0.6) is 0 Å². The number of ether oxygens (including phenoxy) is 1. The van der Waals surface area contributed by atoms with E-state index in [-0.39, 0.29) is 11.9 Å². The highest BCUT2D eigenvalue weighted by atomic mass is 16.5. The summed E-state index contributed by atoms with van der Waals surface area (Å²) in [6.07, 6.45) is 3.26. The highest BCUT2D eigenvalue weighted by Crippen LogP contribution is 2.27. The van der Waals surface area contributed by atoms with E-state index in [9.17, 15) is 4.79 Å². The van der Waals surface area contributed by atoms with E-state index >= 15 is 0 Å². The molecular formula is C11H20N2O2. The van der Waals surface area contributed by atoms with Crippen LogP contribution in [0.15, 0.2) is 0 Å². The van der Waals surface area contributed by atoms with Crippen molar-refractivity contribution in [2.24, 2.45) is 5.92 Å². The molecular weight excluding hydrogens is 192 g/mol. The van der Waals surface area contributed by atoms with Crippen LogP contribution >= 0.6 is 0 Å². The molecule has 0 spiro atoms. The van der Waals surface area contributed by atoms with Crippen molar-refractivity contribution < 1.29 is 9.53 Å². The minimum absolute atomic E-state index is 0.0244. The summed E-state index contributed by atoms with van der Waals surface area (Å²) >= 11 is 0. The van der Waals surface area contributed by atoms with E-state index in [4.69, 9.17) is 4.74 Å². The first kappa shape index (κ1) is 10.9. The van der Waals surface area contributed by atoms with Gasteiger partial charge in [-0.15, -0.1) is 0 Å². The molecule has 2 rings (SSSR count). The second kappa shape index (κ2) is 5.47. The molecule has 4 nitrogen and oxygen atoms in total. The van der Waals surface area contributed by atoms with Crippen LogP contribution in [0.2, 0.25) is 0 Å². The molecule has 2 aliphatic rings. The summed E-state index contributed by atoms with van der Waals surface area (Å²) < 4.78 is 5.25. The zero-order valence-corrected chi connectivity index (χ0v) is 9.21. The summed E-state index contributed by atoms with van der Waals surface area (Å²) in [4.78, 5) is 13.8. The van der Waals surface area contributed by atoms with Gasteiger partial charge in [0.1, 0.15) is 6.61 Å². The van der Waals surface area contributed by atoms with Gasteiger partial charge in [0.15, 0.2) is 0 Å². The molecule has 0 radical (unpaired) electrons. The maximum absolute atomic E-state index is 11.4. The Kier molecular flexibility index (Phi) is 3.97. The van der Waals surface area contributed by atoms with Gasteiger partial charge in [-0.25, -0.2) is 0 Å². The van der Waals surface area contributed by atoms with Gasteiger partial charge in [-0.05, 0) is 12.8 Å². The molecule has 1 aliphatic heterocycles. The third-order valence-electron chi connectivity index (χ3n) is 3.30. The van der Waals surface area contributed by atoms with Gasteiger partial charge in [0.25, 0.3) is 0 Å². The molecule has 2 fully saturated rings. The minimum Gasteiger partial charge on any atom is -0.464 e. The summed E-state index contributed by atoms with van der Waals surface area (Å²) in [6.45, 7) is 5.70. The Morgan fingerprint density at radius 1 is 1.33 bits per heavy atom. The first-order valence-electron chi connectivity index (χ1n) is 5.96. The zero-order valence-electron chi connectivity index (χ0n) is 9.21. The molecule has 0 unspecified atom stereocenters. The van der Waals surface area contributed by atoms with Gasteiger partial charge in [0.2, 0.25) is 0 Å². The minimum atomic E-state index is 0.0244. The predicted molar refractivity (Wildman–Crippen MR) is 57.6 cm³/mol. The molecule has 0 aromatic heterocycles. The number of piperazine rings is 1. The van der Waals surface area contributed by atoms with Crippen molar-refractivity contribution in [3.05, 3.63) is 0 Å². The molecule has 0 amide bonds. The van der Waals surface area contributed by atoms with Crippen molar-refractivity contribution in [1.82, 2.24) is 10.2 Å². The molecule has 0 bridgehead atoms. The van der Waals surface area contributed by atoms with Crippen LogP contribution < -0.4 is 5.32 Å². The van der Waals surface area contributed by atoms with Crippen LogP contribution in [0.25, 0.3) is 0 Å². The van der Waals surface area contributed by atoms with Crippen molar-refractivity contribution in [3.8, 4) is 0 Å². The average molecular weight is 212 g/mol. The van der Waals surface area contributed by atoms with Crippen molar-refractivity contribution in [1.29, 1.82) is 0 Å². The van der Waals surface area contributed by atoms with Gasteiger partial charge in [-0.2, -0.15) is 0 Å². The molecule has 86 valence electrons. The topological polar surface area (TPSA) is 41.6 Å². The van der Waals surface area contributed by atoms with E-state index in [1.807, 2.05) is 0 Å². The fourth-order valence-electron chi connectivity index (χ4n) is 1.97. The summed E-state index contributed by atoms with van der Waals surface area (Å²) in [5.41, 5.74) is 0. The van der Waals surface area contributed by atoms with Crippen LogP contribution in [-0.2, 0) is 9.53 Å². The van der Waals surface area contributed by atoms with Gasteiger partial charge in [0.05, 0.1) is 5.92 Å². The number of hydrogen-bond acceptors (Lipinski definition) is 4. The Bertz CT molecular complexity index is 211. The van der Waals surface area contributed by atoms with E-state index in [0.29, 0.717) is 6.61 Å². The largest absolute Gasteiger partial charge is 0.464 e. The number of carbonyl (C=O) groups is 1. The van der Waals surface area contributed by atoms with Gasteiger partial charge >= 0.3 is 5.97 Å². The maximum Gasteiger partial charge on any atom is 0.308 e. The van der Waals surface area contributed by atoms with E-state index in [1.54, 1.807) is 0 Å². The summed E-state index contributed by atoms with van der Waals surface area (Å²) in [5.74, 6) is 0.240. The highest BCUT2D eigenvalue weighted by molar-refractivity contribution is 5.73. The van der Waals surface area contributed by atoms with Crippen LogP contribution in [0.3, 0.4) is 0 Å². The second-order valence-electron chi connectivity index (χ2n) is 4.39. The normalized spacial score (nSPS) is 23.5. The Morgan fingerprint density at radius 3 is 2.67 bits per heavy atom. The Balaban J connectivity index is 1.55. The molecule has 0 aromatic rings. The summed E-state index contributed by atoms with van der Waals surface area (Å²) in [6, 6.07) is 0. The third-order valence-corrected chi connectivity index (χ3v) is 3.30. The SMILES string of the molecule is O=C(OCCN1CCNCC1)C1CCC1. The molecule has 1 aliphatic carbocycles. The molecule has 1 heterocycles. The number of esters is 1. The molecule has 15 heavy (non-hydrogen) atoms. The number of hydrogen-bond donors (Lipinski definition) is 1. The lowest BCUT2D eigenvalue weighted by Gasteiger charge is -2.28. The third kappa shape index (κ3) is 3.18. The fraction of sp³-hybridized carbons (Fsp3) is 0.909. The van der Waals surface area contributed by atoms with Crippen molar-refractivity contribution in [3.63, 3.8) is 0 Å². The first-order chi connectivity index (χ1) is 7.36. The van der Waals surface area contributed by atoms with Crippen LogP contribution in [0.1, 0.15) is 19.3 Å². The van der Waals surface area contributed by atoms with E-state index in [0.717, 1.165) is 45.6 Å². The lowest BCUT2D eigenvalue weighted by Crippen LogP contribution is -2.44. The Labute approximate surface area is 91.0 Å². The van der Waals surface area contributed by atoms with E-state index in [1.165, 1.54) is 6.42 Å². The molecule has 1 saturated heterocycles. The highest BCUT2D eigenvalue weighted by Gasteiger charge is 2.26. The van der Waals surface area contributed by atoms with Gasteiger partial charge < -0.3 is 10.1 Å². The number of nitrogens with zero attached hydrogens (tertiary/aromatic N) is 1. The fourth-order valence-corrected chi connectivity index (χ4v) is 1.97.